The number of ether oxygens (including phenoxy) is 2. The first-order chi connectivity index (χ1) is 71.8. The molecule has 17 nitrogen and oxygen atoms in total. The van der Waals surface area contributed by atoms with Crippen LogP contribution in [-0.2, 0) is 0 Å². The largest absolute Gasteiger partial charge is 0.453 e. The molecule has 0 radical (unpaired) electrons. The van der Waals surface area contributed by atoms with Crippen molar-refractivity contribution in [2.24, 2.45) is 0 Å². The number of nitrogens with zero attached hydrogens (tertiary/aromatic N) is 12. The van der Waals surface area contributed by atoms with Gasteiger partial charge in [-0.2, -0.15) is 0 Å². The number of para-hydroxylation sites is 22. The van der Waals surface area contributed by atoms with Crippen molar-refractivity contribution in [3.8, 4) is 34.4 Å². The smallest absolute Gasteiger partial charge is 0.264 e. The van der Waals surface area contributed by atoms with Crippen LogP contribution < -0.4 is 45.8 Å². The van der Waals surface area contributed by atoms with Crippen LogP contribution in [0.4, 0.5) is 68.2 Å². The number of benzene rings is 21. The maximum atomic E-state index is 14.6. The fourth-order valence-corrected chi connectivity index (χ4v) is 25.5. The van der Waals surface area contributed by atoms with Gasteiger partial charge in [0.05, 0.1) is 135 Å². The van der Waals surface area contributed by atoms with E-state index in [0.717, 1.165) is 206 Å². The molecule has 145 heavy (non-hydrogen) atoms. The molecule has 0 bridgehead atoms. The second-order valence-electron chi connectivity index (χ2n) is 37.0. The van der Waals surface area contributed by atoms with Crippen LogP contribution in [0.3, 0.4) is 0 Å². The lowest BCUT2D eigenvalue weighted by Gasteiger charge is -2.37. The minimum absolute atomic E-state index is 0.0562. The lowest BCUT2D eigenvalue weighted by molar-refractivity contribution is 0.477. The Bertz CT molecular complexity index is 9890. The van der Waals surface area contributed by atoms with Gasteiger partial charge < -0.3 is 38.2 Å². The van der Waals surface area contributed by atoms with Crippen molar-refractivity contribution in [2.75, 3.05) is 19.6 Å². The number of aromatic nitrogens is 8. The Morgan fingerprint density at radius 1 is 0.172 bits per heavy atom. The summed E-state index contributed by atoms with van der Waals surface area (Å²) in [6, 6.07) is 150. The molecule has 29 aromatic rings. The van der Waals surface area contributed by atoms with Gasteiger partial charge in [-0.25, -0.2) is 15.0 Å². The molecule has 0 unspecified atom stereocenters. The molecule has 4 aliphatic heterocycles. The first-order valence-corrected chi connectivity index (χ1v) is 49.9. The van der Waals surface area contributed by atoms with E-state index in [9.17, 15) is 14.4 Å². The number of rotatable bonds is 6. The van der Waals surface area contributed by atoms with Crippen molar-refractivity contribution in [3.05, 3.63) is 468 Å². The van der Waals surface area contributed by atoms with Crippen molar-refractivity contribution in [1.29, 1.82) is 0 Å². The summed E-state index contributed by atoms with van der Waals surface area (Å²) in [4.78, 5) is 72.9. The zero-order chi connectivity index (χ0) is 95.2. The second kappa shape index (κ2) is 31.0. The first kappa shape index (κ1) is 80.8. The summed E-state index contributed by atoms with van der Waals surface area (Å²) in [6.45, 7) is 0. The van der Waals surface area contributed by atoms with E-state index in [1.54, 1.807) is 36.7 Å². The van der Waals surface area contributed by atoms with Gasteiger partial charge in [-0.3, -0.25) is 27.6 Å². The number of hydrogen-bond donors (Lipinski definition) is 0. The summed E-state index contributed by atoms with van der Waals surface area (Å²) < 4.78 is 22.9. The number of imidazole rings is 3. The van der Waals surface area contributed by atoms with E-state index in [1.807, 2.05) is 164 Å². The van der Waals surface area contributed by atoms with E-state index in [0.29, 0.717) is 33.1 Å². The zero-order valence-corrected chi connectivity index (χ0v) is 78.4. The van der Waals surface area contributed by atoms with Gasteiger partial charge in [0, 0.05) is 106 Å². The molecule has 12 heterocycles. The molecule has 0 fully saturated rings. The molecule has 0 spiro atoms. The van der Waals surface area contributed by atoms with Gasteiger partial charge in [-0.05, 0) is 231 Å². The SMILES string of the molecule is O=c1c2ccc(-n3c4ccccc4c4ccccc43)c3c(-n4c5ccccc5c5ccccc54)ccc(c32)c2nc3ccccc3n12.O=c1c2ccc(N3c4ccccc4Oc4ccccc43)c3c(N4c5ccccc5Oc5ccccc54)ccc(c32)c2nc3ccccc3n12.O=c1c2ccc(N3c4ccccc4Sc4ccccc43)c3c(N4c5ccccc5Sc5ccccc54)ccc(c32)c2nc3ccccc3n12. The van der Waals surface area contributed by atoms with Gasteiger partial charge in [-0.1, -0.05) is 230 Å². The minimum Gasteiger partial charge on any atom is -0.453 e. The molecule has 0 N–H and O–H groups in total. The maximum Gasteiger partial charge on any atom is 0.264 e. The first-order valence-electron chi connectivity index (χ1n) is 48.2. The summed E-state index contributed by atoms with van der Waals surface area (Å²) >= 11 is 3.59. The Balaban J connectivity index is 0.0000000990. The Kier molecular flexibility index (Phi) is 17.3. The highest BCUT2D eigenvalue weighted by molar-refractivity contribution is 8.00. The van der Waals surface area contributed by atoms with Crippen molar-refractivity contribution in [2.45, 2.75) is 19.6 Å². The number of hydrogen-bond acceptors (Lipinski definition) is 14. The van der Waals surface area contributed by atoms with Gasteiger partial charge in [0.15, 0.2) is 23.0 Å². The van der Waals surface area contributed by atoms with E-state index < -0.39 is 0 Å². The van der Waals surface area contributed by atoms with Crippen LogP contribution in [0.5, 0.6) is 23.0 Å². The van der Waals surface area contributed by atoms with E-state index in [4.69, 9.17) is 24.4 Å². The molecular weight excluding hydrogens is 1830 g/mol. The van der Waals surface area contributed by atoms with Crippen LogP contribution in [0.2, 0.25) is 0 Å². The highest BCUT2D eigenvalue weighted by atomic mass is 32.2. The van der Waals surface area contributed by atoms with Crippen LogP contribution in [-0.4, -0.2) is 37.3 Å². The molecule has 0 amide bonds. The van der Waals surface area contributed by atoms with Gasteiger partial charge in [0.1, 0.15) is 16.9 Å². The van der Waals surface area contributed by atoms with Crippen LogP contribution >= 0.6 is 23.5 Å². The van der Waals surface area contributed by atoms with Crippen molar-refractivity contribution >= 4 is 250 Å². The molecule has 0 atom stereocenters. The molecule has 678 valence electrons. The molecule has 0 saturated heterocycles. The van der Waals surface area contributed by atoms with Crippen molar-refractivity contribution in [3.63, 3.8) is 0 Å². The standard InChI is InChI=1S/C42H24N4O3.C42H24N4OS2.C42H24N4O/c2*47-42-26-22-24-34(45-31-15-5-9-19-37(31)49-38-20-10-6-16-32(38)45)40-33(44-29-13-3-7-17-35(29)48-36-18-8-4-14-30(36)44)23-21-25(39(26)40)41-43-27-11-1-2-12-28(27)46(41)42;47-42-30-22-24-38(45-34-18-8-3-13-27(34)28-14-4-9-19-35(28)45)40-37(44-32-16-6-1-11-25(32)26-12-2-7-17-33(26)44)23-21-29(39(30)40)41-43-31-15-5-10-20-36(31)46(41)42/h2*1-24H;1-24H. The predicted molar refractivity (Wildman–Crippen MR) is 591 cm³/mol. The summed E-state index contributed by atoms with van der Waals surface area (Å²) in [5, 5.41) is 15.2. The molecular formula is C126H72N12O5S2. The van der Waals surface area contributed by atoms with E-state index in [2.05, 4.69) is 302 Å². The van der Waals surface area contributed by atoms with Gasteiger partial charge in [-0.15, -0.1) is 0 Å². The number of anilines is 12. The maximum absolute atomic E-state index is 14.6. The summed E-state index contributed by atoms with van der Waals surface area (Å²) in [5.74, 6) is 3.01. The lowest BCUT2D eigenvalue weighted by atomic mass is 9.96. The molecule has 4 aliphatic rings. The van der Waals surface area contributed by atoms with Crippen LogP contribution in [0, 0.1) is 0 Å². The Morgan fingerprint density at radius 3 is 0.676 bits per heavy atom. The average Bonchev–Trinajstić information content (AvgIpc) is 1.66. The fraction of sp³-hybridized carbons (Fsp3) is 0. The fourth-order valence-electron chi connectivity index (χ4n) is 23.4. The van der Waals surface area contributed by atoms with E-state index >= 15 is 0 Å². The Labute approximate surface area is 832 Å². The van der Waals surface area contributed by atoms with E-state index in [1.165, 1.54) is 41.1 Å². The van der Waals surface area contributed by atoms with Gasteiger partial charge in [0.2, 0.25) is 0 Å². The van der Waals surface area contributed by atoms with Gasteiger partial charge in [0.25, 0.3) is 16.7 Å². The summed E-state index contributed by atoms with van der Waals surface area (Å²) in [6.07, 6.45) is 0. The molecule has 0 saturated carbocycles. The van der Waals surface area contributed by atoms with Crippen LogP contribution in [0.25, 0.3) is 170 Å². The summed E-state index contributed by atoms with van der Waals surface area (Å²) in [7, 11) is 0. The predicted octanol–water partition coefficient (Wildman–Crippen LogP) is 32.0. The highest BCUT2D eigenvalue weighted by Gasteiger charge is 2.38. The molecule has 19 heteroatoms. The number of pyridine rings is 3. The van der Waals surface area contributed by atoms with Crippen molar-refractivity contribution in [1.82, 2.24) is 37.3 Å². The highest BCUT2D eigenvalue weighted by Crippen LogP contribution is 2.62. The Hall–Kier alpha value is -19.1. The quantitative estimate of drug-likeness (QED) is 0.156. The molecule has 0 aliphatic carbocycles. The van der Waals surface area contributed by atoms with Gasteiger partial charge >= 0.3 is 0 Å². The van der Waals surface area contributed by atoms with Crippen molar-refractivity contribution < 1.29 is 9.47 Å². The number of fused-ring (bicyclic) bond motifs is 26. The third-order valence-electron chi connectivity index (χ3n) is 29.4. The summed E-state index contributed by atoms with van der Waals surface area (Å²) in [5.41, 5.74) is 25.1. The molecule has 33 rings (SSSR count). The third-order valence-corrected chi connectivity index (χ3v) is 31.7. The van der Waals surface area contributed by atoms with E-state index in [-0.39, 0.29) is 16.7 Å². The lowest BCUT2D eigenvalue weighted by Crippen LogP contribution is -2.20. The minimum atomic E-state index is -0.101. The molecule has 21 aromatic carbocycles. The Morgan fingerprint density at radius 2 is 0.386 bits per heavy atom. The second-order valence-corrected chi connectivity index (χ2v) is 39.1. The van der Waals surface area contributed by atoms with Crippen LogP contribution in [0.1, 0.15) is 0 Å². The normalized spacial score (nSPS) is 13.0. The van der Waals surface area contributed by atoms with Crippen LogP contribution in [0.15, 0.2) is 471 Å². The monoisotopic (exact) mass is 1900 g/mol. The molecule has 8 aromatic heterocycles. The zero-order valence-electron chi connectivity index (χ0n) is 76.8. The third kappa shape index (κ3) is 11.6. The topological polar surface area (TPSA) is 144 Å². The average molecular weight is 1900 g/mol.